The van der Waals surface area contributed by atoms with Crippen molar-refractivity contribution in [2.45, 2.75) is 64.3 Å². The zero-order valence-electron chi connectivity index (χ0n) is 15.0. The summed E-state index contributed by atoms with van der Waals surface area (Å²) in [6.45, 7) is 9.36. The number of hydrogen-bond donors (Lipinski definition) is 0. The molecule has 0 amide bonds. The number of rotatable bonds is 1. The van der Waals surface area contributed by atoms with Crippen molar-refractivity contribution in [3.05, 3.63) is 35.5 Å². The van der Waals surface area contributed by atoms with Crippen molar-refractivity contribution in [2.75, 3.05) is 0 Å². The summed E-state index contributed by atoms with van der Waals surface area (Å²) in [6, 6.07) is 0. The molecule has 0 N–H and O–H groups in total. The number of hydrogen-bond acceptors (Lipinski definition) is 5. The summed E-state index contributed by atoms with van der Waals surface area (Å²) < 4.78 is 11.0. The number of ketones is 2. The van der Waals surface area contributed by atoms with Gasteiger partial charge in [-0.05, 0) is 57.3 Å². The number of Topliss-reactive ketones (excluding diaryl/α,β-unsaturated/α-hetero) is 1. The number of carbonyl (C=O) groups is 3. The van der Waals surface area contributed by atoms with E-state index in [4.69, 9.17) is 9.47 Å². The van der Waals surface area contributed by atoms with Gasteiger partial charge in [0, 0.05) is 18.4 Å². The minimum Gasteiger partial charge on any atom is -0.455 e. The first kappa shape index (κ1) is 17.8. The maximum absolute atomic E-state index is 12.5. The zero-order valence-corrected chi connectivity index (χ0v) is 15.0. The Morgan fingerprint density at radius 2 is 2.04 bits per heavy atom. The summed E-state index contributed by atoms with van der Waals surface area (Å²) in [5.74, 6) is -0.607. The molecule has 4 atom stereocenters. The van der Waals surface area contributed by atoms with E-state index in [-0.39, 0.29) is 29.6 Å². The second-order valence-corrected chi connectivity index (χ2v) is 7.59. The summed E-state index contributed by atoms with van der Waals surface area (Å²) in [5, 5.41) is 0. The molecule has 1 fully saturated rings. The minimum absolute atomic E-state index is 0.0240. The number of esters is 1. The van der Waals surface area contributed by atoms with Crippen LogP contribution < -0.4 is 0 Å². The summed E-state index contributed by atoms with van der Waals surface area (Å²) in [4.78, 5) is 36.9. The van der Waals surface area contributed by atoms with Crippen molar-refractivity contribution in [1.29, 1.82) is 0 Å². The van der Waals surface area contributed by atoms with Crippen LogP contribution in [0.25, 0.3) is 0 Å². The molecule has 1 aliphatic carbocycles. The SMILES string of the molecule is C=C(C)[C@@H]1CCC2=C[C@H](C[C@@]3(C)O[C@@H]3C(=O)/C=C(\C)C(=O)C1)OC2=O. The largest absolute Gasteiger partial charge is 0.455 e. The predicted octanol–water partition coefficient (Wildman–Crippen LogP) is 2.85. The molecule has 0 saturated carbocycles. The predicted molar refractivity (Wildman–Crippen MR) is 91.8 cm³/mol. The molecule has 2 heterocycles. The van der Waals surface area contributed by atoms with E-state index in [2.05, 4.69) is 6.58 Å². The molecular formula is C20H24O5. The summed E-state index contributed by atoms with van der Waals surface area (Å²) in [6.07, 6.45) is 4.25. The van der Waals surface area contributed by atoms with Crippen LogP contribution in [0.2, 0.25) is 0 Å². The molecule has 0 aromatic heterocycles. The van der Waals surface area contributed by atoms with Gasteiger partial charge in [0.25, 0.3) is 0 Å². The molecule has 2 bridgehead atoms. The number of allylic oxidation sites excluding steroid dienone is 2. The van der Waals surface area contributed by atoms with E-state index in [0.717, 1.165) is 5.57 Å². The number of ether oxygens (including phenoxy) is 2. The molecule has 25 heavy (non-hydrogen) atoms. The van der Waals surface area contributed by atoms with E-state index in [1.54, 1.807) is 6.92 Å². The van der Waals surface area contributed by atoms with E-state index in [9.17, 15) is 14.4 Å². The van der Waals surface area contributed by atoms with Crippen molar-refractivity contribution >= 4 is 17.5 Å². The molecule has 134 valence electrons. The summed E-state index contributed by atoms with van der Waals surface area (Å²) in [5.41, 5.74) is 1.35. The Morgan fingerprint density at radius 1 is 1.32 bits per heavy atom. The van der Waals surface area contributed by atoms with Crippen LogP contribution >= 0.6 is 0 Å². The third-order valence-corrected chi connectivity index (χ3v) is 5.35. The summed E-state index contributed by atoms with van der Waals surface area (Å²) in [7, 11) is 0. The molecule has 5 heteroatoms. The Labute approximate surface area is 147 Å². The van der Waals surface area contributed by atoms with E-state index in [0.29, 0.717) is 36.8 Å². The van der Waals surface area contributed by atoms with E-state index < -0.39 is 11.7 Å². The van der Waals surface area contributed by atoms with Gasteiger partial charge < -0.3 is 9.47 Å². The number of fused-ring (bicyclic) bond motifs is 2. The highest BCUT2D eigenvalue weighted by Gasteiger charge is 2.57. The van der Waals surface area contributed by atoms with Gasteiger partial charge in [-0.2, -0.15) is 0 Å². The van der Waals surface area contributed by atoms with Crippen LogP contribution in [0.1, 0.15) is 46.5 Å². The zero-order chi connectivity index (χ0) is 18.4. The van der Waals surface area contributed by atoms with Crippen LogP contribution in [0.5, 0.6) is 0 Å². The van der Waals surface area contributed by atoms with Gasteiger partial charge in [-0.3, -0.25) is 9.59 Å². The monoisotopic (exact) mass is 344 g/mol. The lowest BCUT2D eigenvalue weighted by Crippen LogP contribution is -2.23. The van der Waals surface area contributed by atoms with Gasteiger partial charge in [-0.15, -0.1) is 0 Å². The van der Waals surface area contributed by atoms with Gasteiger partial charge >= 0.3 is 5.97 Å². The van der Waals surface area contributed by atoms with Crippen molar-refractivity contribution in [3.63, 3.8) is 0 Å². The molecular weight excluding hydrogens is 320 g/mol. The van der Waals surface area contributed by atoms with Crippen molar-refractivity contribution in [3.8, 4) is 0 Å². The van der Waals surface area contributed by atoms with Crippen LogP contribution in [-0.2, 0) is 23.9 Å². The summed E-state index contributed by atoms with van der Waals surface area (Å²) >= 11 is 0. The Bertz CT molecular complexity index is 714. The molecule has 0 spiro atoms. The highest BCUT2D eigenvalue weighted by atomic mass is 16.6. The van der Waals surface area contributed by atoms with Crippen LogP contribution in [-0.4, -0.2) is 35.3 Å². The number of epoxide rings is 1. The fraction of sp³-hybridized carbons (Fsp3) is 0.550. The quantitative estimate of drug-likeness (QED) is 0.415. The molecule has 3 aliphatic rings. The highest BCUT2D eigenvalue weighted by Crippen LogP contribution is 2.43. The van der Waals surface area contributed by atoms with Gasteiger partial charge in [-0.1, -0.05) is 12.2 Å². The number of carbonyl (C=O) groups excluding carboxylic acids is 3. The molecule has 3 rings (SSSR count). The third-order valence-electron chi connectivity index (χ3n) is 5.35. The van der Waals surface area contributed by atoms with Crippen molar-refractivity contribution < 1.29 is 23.9 Å². The molecule has 1 saturated heterocycles. The topological polar surface area (TPSA) is 73.0 Å². The van der Waals surface area contributed by atoms with Crippen LogP contribution in [0.4, 0.5) is 0 Å². The van der Waals surface area contributed by atoms with E-state index >= 15 is 0 Å². The van der Waals surface area contributed by atoms with Gasteiger partial charge in [0.2, 0.25) is 0 Å². The molecule has 0 unspecified atom stereocenters. The molecule has 0 aromatic rings. The Kier molecular flexibility index (Phi) is 4.54. The van der Waals surface area contributed by atoms with E-state index in [1.807, 2.05) is 19.9 Å². The normalized spacial score (nSPS) is 38.0. The third kappa shape index (κ3) is 3.66. The first-order valence-electron chi connectivity index (χ1n) is 8.70. The Hall–Kier alpha value is -2.01. The molecule has 0 aromatic carbocycles. The molecule has 0 radical (unpaired) electrons. The maximum atomic E-state index is 12.5. The second-order valence-electron chi connectivity index (χ2n) is 7.59. The highest BCUT2D eigenvalue weighted by molar-refractivity contribution is 6.05. The lowest BCUT2D eigenvalue weighted by atomic mass is 9.87. The lowest BCUT2D eigenvalue weighted by Gasteiger charge is -2.16. The maximum Gasteiger partial charge on any atom is 0.334 e. The Balaban J connectivity index is 1.88. The van der Waals surface area contributed by atoms with Gasteiger partial charge in [0.05, 0.1) is 0 Å². The Morgan fingerprint density at radius 3 is 2.72 bits per heavy atom. The first-order valence-corrected chi connectivity index (χ1v) is 8.70. The first-order chi connectivity index (χ1) is 11.7. The second kappa shape index (κ2) is 6.37. The van der Waals surface area contributed by atoms with Crippen molar-refractivity contribution in [2.24, 2.45) is 5.92 Å². The average molecular weight is 344 g/mol. The molecule has 2 aliphatic heterocycles. The molecule has 5 nitrogen and oxygen atoms in total. The minimum atomic E-state index is -0.641. The lowest BCUT2D eigenvalue weighted by molar-refractivity contribution is -0.140. The van der Waals surface area contributed by atoms with Crippen LogP contribution in [0.15, 0.2) is 35.5 Å². The van der Waals surface area contributed by atoms with Crippen molar-refractivity contribution in [1.82, 2.24) is 0 Å². The fourth-order valence-corrected chi connectivity index (χ4v) is 3.58. The van der Waals surface area contributed by atoms with Crippen LogP contribution in [0, 0.1) is 5.92 Å². The van der Waals surface area contributed by atoms with Crippen LogP contribution in [0.3, 0.4) is 0 Å². The fourth-order valence-electron chi connectivity index (χ4n) is 3.58. The smallest absolute Gasteiger partial charge is 0.334 e. The van der Waals surface area contributed by atoms with E-state index in [1.165, 1.54) is 6.08 Å². The van der Waals surface area contributed by atoms with Gasteiger partial charge in [0.1, 0.15) is 17.8 Å². The van der Waals surface area contributed by atoms with Gasteiger partial charge in [0.15, 0.2) is 11.6 Å². The standard InChI is InChI=1S/C20H24O5/c1-11(2)13-5-6-14-8-15(24-19(14)23)10-20(4)18(25-20)17(22)7-12(3)16(21)9-13/h7-8,13,15,18H,1,5-6,9-10H2,2-4H3/b12-7+/t13-,15-,18-,20-/m1/s1. The average Bonchev–Trinajstić information content (AvgIpc) is 3.06. The van der Waals surface area contributed by atoms with Gasteiger partial charge in [-0.25, -0.2) is 4.79 Å².